The number of nitrogens with zero attached hydrogens (tertiary/aromatic N) is 2. The molecular weight excluding hydrogens is 494 g/mol. The Morgan fingerprint density at radius 2 is 0.889 bits per heavy atom. The Hall–Kier alpha value is -3.44. The van der Waals surface area contributed by atoms with Crippen LogP contribution in [-0.4, -0.2) is 48.5 Å². The monoisotopic (exact) mass is 518 g/mol. The number of alkyl halides is 6. The average Bonchev–Trinajstić information content (AvgIpc) is 2.74. The quantitative estimate of drug-likeness (QED) is 0.340. The van der Waals surface area contributed by atoms with Crippen molar-refractivity contribution in [2.45, 2.75) is 64.6 Å². The number of ketones is 2. The van der Waals surface area contributed by atoms with Gasteiger partial charge in [0.05, 0.1) is 0 Å². The maximum absolute atomic E-state index is 13.3. The van der Waals surface area contributed by atoms with Gasteiger partial charge in [0.15, 0.2) is 23.7 Å². The largest absolute Gasteiger partial charge is 0.573 e. The normalized spacial score (nSPS) is 18.3. The topological polar surface area (TPSA) is 59.1 Å². The summed E-state index contributed by atoms with van der Waals surface area (Å²) < 4.78 is 82.5. The Bertz CT molecular complexity index is 982. The van der Waals surface area contributed by atoms with Gasteiger partial charge in [0.2, 0.25) is 0 Å². The summed E-state index contributed by atoms with van der Waals surface area (Å²) in [6, 6.07) is 6.63. The number of hydrogen-bond acceptors (Lipinski definition) is 6. The van der Waals surface area contributed by atoms with Crippen molar-refractivity contribution in [2.24, 2.45) is 0 Å². The number of benzene rings is 2. The predicted molar refractivity (Wildman–Crippen MR) is 119 cm³/mol. The third-order valence-electron chi connectivity index (χ3n) is 5.48. The molecule has 0 atom stereocenters. The van der Waals surface area contributed by atoms with Gasteiger partial charge in [0.25, 0.3) is 0 Å². The minimum atomic E-state index is -4.86. The summed E-state index contributed by atoms with van der Waals surface area (Å²) in [6.45, 7) is 6.92. The highest BCUT2D eigenvalue weighted by atomic mass is 19.4. The van der Waals surface area contributed by atoms with E-state index in [1.807, 2.05) is 0 Å². The molecule has 0 aromatic heterocycles. The summed E-state index contributed by atoms with van der Waals surface area (Å²) in [5.41, 5.74) is 0.712. The van der Waals surface area contributed by atoms with Gasteiger partial charge in [0, 0.05) is 23.5 Å². The summed E-state index contributed by atoms with van der Waals surface area (Å²) in [5, 5.41) is 0. The molecule has 6 nitrogen and oxygen atoms in total. The van der Waals surface area contributed by atoms with Crippen LogP contribution in [0.25, 0.3) is 0 Å². The number of ether oxygens (including phenoxy) is 2. The van der Waals surface area contributed by atoms with Crippen LogP contribution in [0, 0.1) is 0 Å². The zero-order valence-electron chi connectivity index (χ0n) is 19.7. The van der Waals surface area contributed by atoms with E-state index < -0.39 is 47.9 Å². The van der Waals surface area contributed by atoms with E-state index in [0.717, 1.165) is 24.3 Å². The lowest BCUT2D eigenvalue weighted by Gasteiger charge is -2.48. The first-order valence-electron chi connectivity index (χ1n) is 10.9. The molecule has 0 amide bonds. The van der Waals surface area contributed by atoms with Crippen LogP contribution in [0.4, 0.5) is 37.7 Å². The smallest absolute Gasteiger partial charge is 0.406 e. The standard InChI is InChI=1S/C24H24F6N2O4/c1-13(2)31(15-5-9-17(10-6-15)35-23(25,26)27)19-21(33)20(22(19)34)32(14(3)4)16-7-11-18(12-8-16)36-24(28,29)30/h5-14,19-20H,1-4H3. The van der Waals surface area contributed by atoms with Crippen LogP contribution in [0.1, 0.15) is 27.7 Å². The molecule has 2 aromatic rings. The summed E-state index contributed by atoms with van der Waals surface area (Å²) in [4.78, 5) is 29.6. The Morgan fingerprint density at radius 1 is 0.611 bits per heavy atom. The van der Waals surface area contributed by atoms with Crippen LogP contribution < -0.4 is 19.3 Å². The van der Waals surface area contributed by atoms with E-state index in [2.05, 4.69) is 9.47 Å². The van der Waals surface area contributed by atoms with E-state index in [4.69, 9.17) is 0 Å². The molecule has 0 unspecified atom stereocenters. The Balaban J connectivity index is 1.83. The van der Waals surface area contributed by atoms with E-state index in [1.165, 1.54) is 34.1 Å². The number of rotatable bonds is 8. The fraction of sp³-hybridized carbons (Fsp3) is 0.417. The fourth-order valence-corrected chi connectivity index (χ4v) is 4.16. The Morgan fingerprint density at radius 3 is 1.11 bits per heavy atom. The average molecular weight is 518 g/mol. The number of carbonyl (C=O) groups is 2. The van der Waals surface area contributed by atoms with Gasteiger partial charge >= 0.3 is 12.7 Å². The van der Waals surface area contributed by atoms with E-state index in [0.29, 0.717) is 11.4 Å². The van der Waals surface area contributed by atoms with Crippen molar-refractivity contribution in [3.05, 3.63) is 48.5 Å². The lowest BCUT2D eigenvalue weighted by molar-refractivity contribution is -0.275. The zero-order valence-corrected chi connectivity index (χ0v) is 19.7. The number of hydrogen-bond donors (Lipinski definition) is 0. The summed E-state index contributed by atoms with van der Waals surface area (Å²) >= 11 is 0. The molecule has 196 valence electrons. The molecular formula is C24H24F6N2O4. The fourth-order valence-electron chi connectivity index (χ4n) is 4.16. The first kappa shape index (κ1) is 27.2. The summed E-state index contributed by atoms with van der Waals surface area (Å²) in [6.07, 6.45) is -9.71. The molecule has 0 radical (unpaired) electrons. The predicted octanol–water partition coefficient (Wildman–Crippen LogP) is 5.50. The Kier molecular flexibility index (Phi) is 7.47. The van der Waals surface area contributed by atoms with Gasteiger partial charge in [-0.05, 0) is 76.2 Å². The van der Waals surface area contributed by atoms with Crippen LogP contribution in [0.15, 0.2) is 48.5 Å². The van der Waals surface area contributed by atoms with E-state index in [-0.39, 0.29) is 12.1 Å². The molecule has 0 spiro atoms. The number of carbonyl (C=O) groups excluding carboxylic acids is 2. The van der Waals surface area contributed by atoms with Crippen LogP contribution in [0.2, 0.25) is 0 Å². The minimum Gasteiger partial charge on any atom is -0.406 e. The van der Waals surface area contributed by atoms with Crippen LogP contribution in [-0.2, 0) is 9.59 Å². The van der Waals surface area contributed by atoms with Gasteiger partial charge in [-0.1, -0.05) is 0 Å². The van der Waals surface area contributed by atoms with Crippen molar-refractivity contribution in [1.29, 1.82) is 0 Å². The second kappa shape index (κ2) is 9.90. The molecule has 1 saturated carbocycles. The van der Waals surface area contributed by atoms with Gasteiger partial charge in [-0.3, -0.25) is 9.59 Å². The van der Waals surface area contributed by atoms with Gasteiger partial charge in [-0.15, -0.1) is 26.3 Å². The highest BCUT2D eigenvalue weighted by Gasteiger charge is 2.56. The molecule has 0 aliphatic heterocycles. The molecule has 3 rings (SSSR count). The van der Waals surface area contributed by atoms with Gasteiger partial charge in [-0.2, -0.15) is 0 Å². The van der Waals surface area contributed by atoms with Crippen LogP contribution in [0.3, 0.4) is 0 Å². The first-order chi connectivity index (χ1) is 16.6. The molecule has 0 heterocycles. The summed E-state index contributed by atoms with van der Waals surface area (Å²) in [7, 11) is 0. The molecule has 1 aliphatic carbocycles. The maximum Gasteiger partial charge on any atom is 0.573 e. The van der Waals surface area contributed by atoms with Crippen molar-refractivity contribution in [3.63, 3.8) is 0 Å². The van der Waals surface area contributed by atoms with Gasteiger partial charge in [-0.25, -0.2) is 0 Å². The Labute approximate surface area is 203 Å². The zero-order chi connectivity index (χ0) is 27.0. The van der Waals surface area contributed by atoms with Crippen LogP contribution in [0.5, 0.6) is 11.5 Å². The van der Waals surface area contributed by atoms with Crippen molar-refractivity contribution in [2.75, 3.05) is 9.80 Å². The van der Waals surface area contributed by atoms with Gasteiger partial charge in [0.1, 0.15) is 11.5 Å². The second-order valence-corrected chi connectivity index (χ2v) is 8.70. The van der Waals surface area contributed by atoms with Crippen molar-refractivity contribution < 1.29 is 45.4 Å². The highest BCUT2D eigenvalue weighted by molar-refractivity contribution is 6.33. The summed E-state index contributed by atoms with van der Waals surface area (Å²) in [5.74, 6) is -1.76. The SMILES string of the molecule is CC(C)N(c1ccc(OC(F)(F)F)cc1)C1C(=O)C(N(c2ccc(OC(F)(F)F)cc2)C(C)C)C1=O. The van der Waals surface area contributed by atoms with Crippen molar-refractivity contribution in [3.8, 4) is 11.5 Å². The maximum atomic E-state index is 13.3. The van der Waals surface area contributed by atoms with Crippen molar-refractivity contribution >= 4 is 22.9 Å². The molecule has 1 fully saturated rings. The molecule has 0 N–H and O–H groups in total. The van der Waals surface area contributed by atoms with Gasteiger partial charge < -0.3 is 19.3 Å². The molecule has 0 bridgehead atoms. The molecule has 0 saturated heterocycles. The van der Waals surface area contributed by atoms with Crippen LogP contribution >= 0.6 is 0 Å². The first-order valence-corrected chi connectivity index (χ1v) is 10.9. The lowest BCUT2D eigenvalue weighted by Crippen LogP contribution is -2.72. The third kappa shape index (κ3) is 6.03. The molecule has 12 heteroatoms. The number of anilines is 2. The van der Waals surface area contributed by atoms with E-state index in [9.17, 15) is 35.9 Å². The highest BCUT2D eigenvalue weighted by Crippen LogP contribution is 2.35. The lowest BCUT2D eigenvalue weighted by atomic mass is 9.79. The molecule has 1 aliphatic rings. The molecule has 2 aromatic carbocycles. The molecule has 36 heavy (non-hydrogen) atoms. The van der Waals surface area contributed by atoms with E-state index >= 15 is 0 Å². The third-order valence-corrected chi connectivity index (χ3v) is 5.48. The minimum absolute atomic E-state index is 0.356. The van der Waals surface area contributed by atoms with E-state index in [1.54, 1.807) is 27.7 Å². The number of halogens is 6. The van der Waals surface area contributed by atoms with Crippen molar-refractivity contribution in [1.82, 2.24) is 0 Å². The number of Topliss-reactive ketones (excluding diaryl/α,β-unsaturated/α-hetero) is 2. The second-order valence-electron chi connectivity index (χ2n) is 8.70.